The number of hydrogen-bond donors (Lipinski definition) is 0. The van der Waals surface area contributed by atoms with Crippen molar-refractivity contribution in [3.8, 4) is 5.69 Å². The van der Waals surface area contributed by atoms with E-state index in [1.54, 1.807) is 6.07 Å². The molecule has 6 nitrogen and oxygen atoms in total. The number of piperidine rings is 1. The molecule has 0 bridgehead atoms. The summed E-state index contributed by atoms with van der Waals surface area (Å²) in [4.78, 5) is 17.7. The van der Waals surface area contributed by atoms with E-state index >= 15 is 0 Å². The zero-order chi connectivity index (χ0) is 24.5. The van der Waals surface area contributed by atoms with Gasteiger partial charge < -0.3 is 18.9 Å². The smallest absolute Gasteiger partial charge is 0.256 e. The fourth-order valence-electron chi connectivity index (χ4n) is 5.49. The van der Waals surface area contributed by atoms with Crippen LogP contribution >= 0.6 is 0 Å². The minimum Gasteiger partial charge on any atom is -0.356 e. The predicted octanol–water partition coefficient (Wildman–Crippen LogP) is 5.50. The van der Waals surface area contributed by atoms with Gasteiger partial charge in [0.15, 0.2) is 5.58 Å². The van der Waals surface area contributed by atoms with Crippen LogP contribution in [0, 0.1) is 5.82 Å². The van der Waals surface area contributed by atoms with Crippen molar-refractivity contribution in [1.82, 2.24) is 19.5 Å². The molecule has 0 spiro atoms. The topological polar surface area (TPSA) is 54.5 Å². The van der Waals surface area contributed by atoms with Crippen LogP contribution in [-0.4, -0.2) is 58.2 Å². The number of amides is 1. The number of para-hydroxylation sites is 1. The summed E-state index contributed by atoms with van der Waals surface area (Å²) in [6, 6.07) is 16.7. The van der Waals surface area contributed by atoms with Crippen molar-refractivity contribution in [1.29, 1.82) is 0 Å². The summed E-state index contributed by atoms with van der Waals surface area (Å²) >= 11 is 0. The Morgan fingerprint density at radius 2 is 1.86 bits per heavy atom. The Morgan fingerprint density at radius 1 is 1.03 bits per heavy atom. The zero-order valence-electron chi connectivity index (χ0n) is 20.1. The Hall–Kier alpha value is -3.71. The summed E-state index contributed by atoms with van der Waals surface area (Å²) in [6.45, 7) is 4.29. The number of aromatic nitrogens is 2. The van der Waals surface area contributed by atoms with Crippen LogP contribution in [0.4, 0.5) is 4.39 Å². The maximum absolute atomic E-state index is 13.5. The molecule has 2 aliphatic rings. The maximum Gasteiger partial charge on any atom is 0.256 e. The van der Waals surface area contributed by atoms with E-state index in [9.17, 15) is 9.18 Å². The first-order valence-electron chi connectivity index (χ1n) is 12.7. The van der Waals surface area contributed by atoms with Crippen LogP contribution in [0.1, 0.15) is 46.9 Å². The summed E-state index contributed by atoms with van der Waals surface area (Å²) in [5, 5.41) is 5.17. The van der Waals surface area contributed by atoms with E-state index in [0.29, 0.717) is 18.0 Å². The third-order valence-electron chi connectivity index (χ3n) is 7.42. The lowest BCUT2D eigenvalue weighted by Gasteiger charge is -2.31. The van der Waals surface area contributed by atoms with Gasteiger partial charge in [-0.05, 0) is 75.3 Å². The quantitative estimate of drug-likeness (QED) is 0.363. The van der Waals surface area contributed by atoms with Gasteiger partial charge in [0.05, 0.1) is 17.0 Å². The van der Waals surface area contributed by atoms with E-state index in [0.717, 1.165) is 73.5 Å². The molecule has 184 valence electrons. The van der Waals surface area contributed by atoms with Crippen molar-refractivity contribution in [2.24, 2.45) is 0 Å². The van der Waals surface area contributed by atoms with Crippen LogP contribution in [0.2, 0.25) is 0 Å². The van der Waals surface area contributed by atoms with E-state index in [1.807, 2.05) is 35.4 Å². The second-order valence-corrected chi connectivity index (χ2v) is 9.65. The highest BCUT2D eigenvalue weighted by molar-refractivity contribution is 5.98. The standard InChI is InChI=1S/C29H29FN4O2/c30-22-9-10-25-27(20-22)36-31-28(25)21-11-17-32(18-12-21)14-5-16-33-15-4-8-26-24(29(33)35)13-19-34(26)23-6-2-1-3-7-23/h1-4,6-10,13,19-21H,5,11-12,14-18H2. The van der Waals surface area contributed by atoms with Crippen molar-refractivity contribution in [3.63, 3.8) is 0 Å². The van der Waals surface area contributed by atoms with E-state index in [1.165, 1.54) is 12.1 Å². The number of rotatable bonds is 6. The highest BCUT2D eigenvalue weighted by atomic mass is 19.1. The molecule has 0 saturated carbocycles. The molecule has 0 aliphatic carbocycles. The first-order chi connectivity index (χ1) is 17.7. The largest absolute Gasteiger partial charge is 0.356 e. The number of nitrogens with zero attached hydrogens (tertiary/aromatic N) is 4. The molecule has 0 atom stereocenters. The zero-order valence-corrected chi connectivity index (χ0v) is 20.1. The van der Waals surface area contributed by atoms with E-state index in [4.69, 9.17) is 4.52 Å². The minimum absolute atomic E-state index is 0.0951. The SMILES string of the molecule is O=C1c2ccn(-c3ccccc3)c2C=CCN1CCCN1CCC(c2noc3cc(F)ccc23)CC1. The van der Waals surface area contributed by atoms with Gasteiger partial charge in [-0.3, -0.25) is 4.79 Å². The molecule has 1 amide bonds. The van der Waals surface area contributed by atoms with Gasteiger partial charge in [-0.2, -0.15) is 0 Å². The number of likely N-dealkylation sites (tertiary alicyclic amines) is 1. The van der Waals surface area contributed by atoms with Crippen LogP contribution in [-0.2, 0) is 0 Å². The molecule has 4 aromatic rings. The van der Waals surface area contributed by atoms with Crippen LogP contribution in [0.25, 0.3) is 22.7 Å². The summed E-state index contributed by atoms with van der Waals surface area (Å²) in [7, 11) is 0. The third-order valence-corrected chi connectivity index (χ3v) is 7.42. The number of fused-ring (bicyclic) bond motifs is 2. The molecule has 2 aromatic heterocycles. The molecule has 36 heavy (non-hydrogen) atoms. The Morgan fingerprint density at radius 3 is 2.69 bits per heavy atom. The second kappa shape index (κ2) is 9.74. The van der Waals surface area contributed by atoms with Gasteiger partial charge in [-0.15, -0.1) is 0 Å². The van der Waals surface area contributed by atoms with Gasteiger partial charge in [-0.25, -0.2) is 4.39 Å². The Balaban J connectivity index is 1.03. The van der Waals surface area contributed by atoms with Gasteiger partial charge >= 0.3 is 0 Å². The average molecular weight is 485 g/mol. The highest BCUT2D eigenvalue weighted by Crippen LogP contribution is 2.33. The first-order valence-corrected chi connectivity index (χ1v) is 12.7. The van der Waals surface area contributed by atoms with Gasteiger partial charge in [0.25, 0.3) is 5.91 Å². The fourth-order valence-corrected chi connectivity index (χ4v) is 5.49. The maximum atomic E-state index is 13.5. The van der Waals surface area contributed by atoms with Crippen molar-refractivity contribution in [2.45, 2.75) is 25.2 Å². The van der Waals surface area contributed by atoms with Gasteiger partial charge in [0.2, 0.25) is 0 Å². The molecule has 0 N–H and O–H groups in total. The lowest BCUT2D eigenvalue weighted by atomic mass is 9.91. The molecule has 4 heterocycles. The molecule has 1 saturated heterocycles. The third kappa shape index (κ3) is 4.35. The number of halogens is 1. The van der Waals surface area contributed by atoms with Gasteiger partial charge in [-0.1, -0.05) is 29.4 Å². The van der Waals surface area contributed by atoms with Crippen molar-refractivity contribution < 1.29 is 13.7 Å². The number of hydrogen-bond acceptors (Lipinski definition) is 4. The van der Waals surface area contributed by atoms with Crippen LogP contribution in [0.3, 0.4) is 0 Å². The van der Waals surface area contributed by atoms with Crippen LogP contribution in [0.15, 0.2) is 71.4 Å². The van der Waals surface area contributed by atoms with Crippen LogP contribution < -0.4 is 0 Å². The van der Waals surface area contributed by atoms with Crippen LogP contribution in [0.5, 0.6) is 0 Å². The molecule has 0 unspecified atom stereocenters. The molecule has 2 aromatic carbocycles. The van der Waals surface area contributed by atoms with E-state index in [-0.39, 0.29) is 11.7 Å². The number of benzene rings is 2. The molecular formula is C29H29FN4O2. The summed E-state index contributed by atoms with van der Waals surface area (Å²) < 4.78 is 20.9. The molecule has 1 fully saturated rings. The minimum atomic E-state index is -0.302. The van der Waals surface area contributed by atoms with Crippen molar-refractivity contribution >= 4 is 23.0 Å². The lowest BCUT2D eigenvalue weighted by molar-refractivity contribution is 0.0766. The molecule has 0 radical (unpaired) electrons. The number of carbonyl (C=O) groups excluding carboxylic acids is 1. The molecule has 7 heteroatoms. The molecular weight excluding hydrogens is 455 g/mol. The summed E-state index contributed by atoms with van der Waals surface area (Å²) in [6.07, 6.45) is 9.06. The van der Waals surface area contributed by atoms with Crippen molar-refractivity contribution in [3.05, 3.63) is 89.6 Å². The summed E-state index contributed by atoms with van der Waals surface area (Å²) in [5.74, 6) is 0.124. The Kier molecular flexibility index (Phi) is 6.15. The number of carbonyl (C=O) groups is 1. The molecule has 6 rings (SSSR count). The van der Waals surface area contributed by atoms with Crippen molar-refractivity contribution in [2.75, 3.05) is 32.7 Å². The normalized spacial score (nSPS) is 17.0. The van der Waals surface area contributed by atoms with E-state index < -0.39 is 0 Å². The monoisotopic (exact) mass is 484 g/mol. The lowest BCUT2D eigenvalue weighted by Crippen LogP contribution is -2.37. The highest BCUT2D eigenvalue weighted by Gasteiger charge is 2.26. The first kappa shape index (κ1) is 22.7. The predicted molar refractivity (Wildman–Crippen MR) is 138 cm³/mol. The second-order valence-electron chi connectivity index (χ2n) is 9.65. The molecule has 2 aliphatic heterocycles. The summed E-state index contributed by atoms with van der Waals surface area (Å²) in [5.41, 5.74) is 4.22. The Bertz CT molecular complexity index is 1400. The fraction of sp³-hybridized carbons (Fsp3) is 0.310. The average Bonchev–Trinajstić information content (AvgIpc) is 3.48. The van der Waals surface area contributed by atoms with Gasteiger partial charge in [0, 0.05) is 42.3 Å². The Labute approximate surface area is 209 Å². The van der Waals surface area contributed by atoms with Gasteiger partial charge in [0.1, 0.15) is 5.82 Å². The van der Waals surface area contributed by atoms with E-state index in [2.05, 4.69) is 38.9 Å².